The topological polar surface area (TPSA) is 74.7 Å². The molecule has 1 unspecified atom stereocenters. The zero-order chi connectivity index (χ0) is 17.1. The summed E-state index contributed by atoms with van der Waals surface area (Å²) in [6.45, 7) is 2.80. The number of thiophene rings is 2. The first-order chi connectivity index (χ1) is 11.6. The van der Waals surface area contributed by atoms with Gasteiger partial charge in [-0.3, -0.25) is 0 Å². The maximum absolute atomic E-state index is 8.80. The number of nitrogens with two attached hydrogens (primary N) is 1. The van der Waals surface area contributed by atoms with Crippen molar-refractivity contribution in [1.82, 2.24) is 4.98 Å². The summed E-state index contributed by atoms with van der Waals surface area (Å²) in [5.41, 5.74) is 9.03. The summed E-state index contributed by atoms with van der Waals surface area (Å²) >= 11 is 9.61. The van der Waals surface area contributed by atoms with Gasteiger partial charge in [0.2, 0.25) is 0 Å². The normalized spacial score (nSPS) is 12.2. The Balaban J connectivity index is 1.92. The van der Waals surface area contributed by atoms with Gasteiger partial charge in [0.25, 0.3) is 0 Å². The van der Waals surface area contributed by atoms with Crippen LogP contribution in [0.4, 0.5) is 5.69 Å². The number of pyridine rings is 1. The van der Waals surface area contributed by atoms with Gasteiger partial charge in [-0.2, -0.15) is 5.26 Å². The molecule has 1 atom stereocenters. The minimum Gasteiger partial charge on any atom is -0.379 e. The van der Waals surface area contributed by atoms with E-state index in [9.17, 15) is 0 Å². The molecule has 3 aromatic rings. The van der Waals surface area contributed by atoms with Gasteiger partial charge >= 0.3 is 0 Å². The van der Waals surface area contributed by atoms with Crippen molar-refractivity contribution in [3.63, 3.8) is 0 Å². The fraction of sp³-hybridized carbons (Fsp3) is 0.294. The fourth-order valence-electron chi connectivity index (χ4n) is 2.54. The van der Waals surface area contributed by atoms with E-state index in [1.54, 1.807) is 22.7 Å². The molecule has 3 heterocycles. The Kier molecular flexibility index (Phi) is 5.36. The molecule has 3 rings (SSSR count). The van der Waals surface area contributed by atoms with E-state index in [1.165, 1.54) is 9.75 Å². The molecule has 0 aromatic carbocycles. The summed E-state index contributed by atoms with van der Waals surface area (Å²) in [5.74, 6) is 0. The van der Waals surface area contributed by atoms with E-state index in [0.29, 0.717) is 18.0 Å². The lowest BCUT2D eigenvalue weighted by atomic mass is 10.1. The van der Waals surface area contributed by atoms with E-state index < -0.39 is 0 Å². The highest BCUT2D eigenvalue weighted by molar-refractivity contribution is 7.19. The number of nitrogens with zero attached hydrogens (tertiary/aromatic N) is 2. The smallest absolute Gasteiger partial charge is 0.131 e. The molecule has 0 fully saturated rings. The van der Waals surface area contributed by atoms with Gasteiger partial charge in [0.1, 0.15) is 5.15 Å². The Morgan fingerprint density at radius 3 is 3.04 bits per heavy atom. The third-order valence-corrected chi connectivity index (χ3v) is 6.18. The molecular formula is C17H17ClN4S2. The molecule has 0 saturated heterocycles. The van der Waals surface area contributed by atoms with E-state index in [1.807, 2.05) is 19.1 Å². The summed E-state index contributed by atoms with van der Waals surface area (Å²) in [4.78, 5) is 6.92. The summed E-state index contributed by atoms with van der Waals surface area (Å²) in [5, 5.41) is 14.8. The number of nitriles is 1. The SMILES string of the molecule is Cc1c(CC(N)CC#N)sc2c(NCc3cccs3)cc(Cl)nc12. The maximum Gasteiger partial charge on any atom is 0.131 e. The molecule has 0 bridgehead atoms. The number of nitrogens with one attached hydrogen (secondary N) is 1. The molecule has 3 N–H and O–H groups in total. The molecule has 0 radical (unpaired) electrons. The van der Waals surface area contributed by atoms with Gasteiger partial charge in [-0.05, 0) is 30.4 Å². The Morgan fingerprint density at radius 1 is 1.50 bits per heavy atom. The molecule has 0 aliphatic carbocycles. The van der Waals surface area contributed by atoms with Crippen LogP contribution in [0.5, 0.6) is 0 Å². The van der Waals surface area contributed by atoms with Gasteiger partial charge < -0.3 is 11.1 Å². The highest BCUT2D eigenvalue weighted by atomic mass is 35.5. The highest BCUT2D eigenvalue weighted by Crippen LogP contribution is 2.37. The standard InChI is InChI=1S/C17H17ClN4S2/c1-10-14(7-11(20)4-5-19)24-17-13(8-15(18)22-16(10)17)21-9-12-3-2-6-23-12/h2-3,6,8,11H,4,7,9,20H2,1H3,(H,21,22). The number of aromatic nitrogens is 1. The molecule has 124 valence electrons. The lowest BCUT2D eigenvalue weighted by molar-refractivity contribution is 0.690. The van der Waals surface area contributed by atoms with E-state index in [2.05, 4.69) is 27.8 Å². The Bertz CT molecular complexity index is 880. The number of anilines is 1. The van der Waals surface area contributed by atoms with Crippen LogP contribution in [0, 0.1) is 18.3 Å². The van der Waals surface area contributed by atoms with Crippen molar-refractivity contribution in [1.29, 1.82) is 5.26 Å². The van der Waals surface area contributed by atoms with Crippen molar-refractivity contribution in [2.45, 2.75) is 32.4 Å². The van der Waals surface area contributed by atoms with Crippen molar-refractivity contribution in [2.75, 3.05) is 5.32 Å². The van der Waals surface area contributed by atoms with Gasteiger partial charge in [-0.15, -0.1) is 22.7 Å². The third kappa shape index (κ3) is 3.70. The Morgan fingerprint density at radius 2 is 2.33 bits per heavy atom. The Hall–Kier alpha value is -1.65. The number of halogens is 1. The first-order valence-corrected chi connectivity index (χ1v) is 9.63. The van der Waals surface area contributed by atoms with E-state index in [0.717, 1.165) is 28.0 Å². The largest absolute Gasteiger partial charge is 0.379 e. The van der Waals surface area contributed by atoms with Crippen LogP contribution in [0.1, 0.15) is 21.7 Å². The minimum atomic E-state index is -0.153. The number of hydrogen-bond acceptors (Lipinski definition) is 6. The molecule has 0 spiro atoms. The number of rotatable bonds is 6. The van der Waals surface area contributed by atoms with Gasteiger partial charge in [-0.25, -0.2) is 4.98 Å². The quantitative estimate of drug-likeness (QED) is 0.610. The summed E-state index contributed by atoms with van der Waals surface area (Å²) in [6.07, 6.45) is 1.04. The van der Waals surface area contributed by atoms with Crippen LogP contribution in [0.3, 0.4) is 0 Å². The van der Waals surface area contributed by atoms with Crippen molar-refractivity contribution in [3.8, 4) is 6.07 Å². The molecule has 0 aliphatic heterocycles. The van der Waals surface area contributed by atoms with E-state index >= 15 is 0 Å². The van der Waals surface area contributed by atoms with Crippen molar-refractivity contribution < 1.29 is 0 Å². The third-order valence-electron chi connectivity index (χ3n) is 3.77. The second-order valence-corrected chi connectivity index (χ2v) is 8.10. The first-order valence-electron chi connectivity index (χ1n) is 7.55. The molecule has 0 aliphatic rings. The van der Waals surface area contributed by atoms with Crippen LogP contribution in [0.15, 0.2) is 23.6 Å². The average molecular weight is 377 g/mol. The second kappa shape index (κ2) is 7.49. The predicted octanol–water partition coefficient (Wildman–Crippen LogP) is 4.72. The summed E-state index contributed by atoms with van der Waals surface area (Å²) in [6, 6.07) is 7.99. The Labute approximate surface area is 153 Å². The van der Waals surface area contributed by atoms with Crippen LogP contribution in [0.2, 0.25) is 5.15 Å². The van der Waals surface area contributed by atoms with Crippen LogP contribution in [-0.2, 0) is 13.0 Å². The monoisotopic (exact) mass is 376 g/mol. The average Bonchev–Trinajstić information content (AvgIpc) is 3.15. The zero-order valence-electron chi connectivity index (χ0n) is 13.2. The highest BCUT2D eigenvalue weighted by Gasteiger charge is 2.16. The number of fused-ring (bicyclic) bond motifs is 1. The molecular weight excluding hydrogens is 360 g/mol. The molecule has 0 amide bonds. The minimum absolute atomic E-state index is 0.153. The molecule has 4 nitrogen and oxygen atoms in total. The molecule has 0 saturated carbocycles. The number of aryl methyl sites for hydroxylation is 1. The van der Waals surface area contributed by atoms with Crippen LogP contribution in [0.25, 0.3) is 10.2 Å². The summed E-state index contributed by atoms with van der Waals surface area (Å²) < 4.78 is 1.09. The predicted molar refractivity (Wildman–Crippen MR) is 103 cm³/mol. The fourth-order valence-corrected chi connectivity index (χ4v) is 4.71. The van der Waals surface area contributed by atoms with Crippen LogP contribution in [-0.4, -0.2) is 11.0 Å². The molecule has 3 aromatic heterocycles. The maximum atomic E-state index is 8.80. The van der Waals surface area contributed by atoms with Gasteiger partial charge in [-0.1, -0.05) is 17.7 Å². The molecule has 24 heavy (non-hydrogen) atoms. The second-order valence-electron chi connectivity index (χ2n) is 5.58. The molecule has 7 heteroatoms. The summed E-state index contributed by atoms with van der Waals surface area (Å²) in [7, 11) is 0. The van der Waals surface area contributed by atoms with Crippen LogP contribution < -0.4 is 11.1 Å². The lowest BCUT2D eigenvalue weighted by Crippen LogP contribution is -2.21. The van der Waals surface area contributed by atoms with E-state index in [-0.39, 0.29) is 6.04 Å². The zero-order valence-corrected chi connectivity index (χ0v) is 15.6. The van der Waals surface area contributed by atoms with Gasteiger partial charge in [0.15, 0.2) is 0 Å². The number of hydrogen-bond donors (Lipinski definition) is 2. The van der Waals surface area contributed by atoms with Gasteiger partial charge in [0.05, 0.1) is 28.4 Å². The van der Waals surface area contributed by atoms with Crippen molar-refractivity contribution in [2.24, 2.45) is 5.73 Å². The first kappa shape index (κ1) is 17.2. The van der Waals surface area contributed by atoms with Crippen molar-refractivity contribution in [3.05, 3.63) is 44.1 Å². The van der Waals surface area contributed by atoms with Crippen molar-refractivity contribution >= 4 is 50.2 Å². The van der Waals surface area contributed by atoms with Crippen LogP contribution >= 0.6 is 34.3 Å². The van der Waals surface area contributed by atoms with E-state index in [4.69, 9.17) is 22.6 Å². The van der Waals surface area contributed by atoms with Gasteiger partial charge in [0, 0.05) is 28.4 Å². The lowest BCUT2D eigenvalue weighted by Gasteiger charge is -2.06.